The van der Waals surface area contributed by atoms with Crippen molar-refractivity contribution in [3.05, 3.63) is 40.2 Å². The molecule has 0 aliphatic carbocycles. The van der Waals surface area contributed by atoms with Crippen LogP contribution in [0.4, 0.5) is 0 Å². The van der Waals surface area contributed by atoms with Crippen molar-refractivity contribution in [2.24, 2.45) is 0 Å². The van der Waals surface area contributed by atoms with E-state index in [-0.39, 0.29) is 23.9 Å². The number of aromatic nitrogens is 1. The molecule has 2 atom stereocenters. The van der Waals surface area contributed by atoms with Crippen molar-refractivity contribution in [1.29, 1.82) is 0 Å². The molecular formula is C17H19N3O3S. The lowest BCUT2D eigenvalue weighted by molar-refractivity contribution is -0.138. The van der Waals surface area contributed by atoms with Crippen molar-refractivity contribution in [1.82, 2.24) is 14.8 Å². The topological polar surface area (TPSA) is 66.7 Å². The molecule has 2 aromatic rings. The van der Waals surface area contributed by atoms with Gasteiger partial charge in [-0.05, 0) is 25.8 Å². The van der Waals surface area contributed by atoms with Crippen molar-refractivity contribution in [3.8, 4) is 0 Å². The van der Waals surface area contributed by atoms with Gasteiger partial charge in [0.05, 0.1) is 41.2 Å². The fourth-order valence-corrected chi connectivity index (χ4v) is 4.42. The summed E-state index contributed by atoms with van der Waals surface area (Å²) in [4.78, 5) is 33.4. The van der Waals surface area contributed by atoms with Crippen LogP contribution < -0.4 is 0 Å². The van der Waals surface area contributed by atoms with Crippen LogP contribution in [0.2, 0.25) is 0 Å². The van der Waals surface area contributed by atoms with Crippen LogP contribution in [0.25, 0.3) is 0 Å². The molecule has 6 nitrogen and oxygen atoms in total. The lowest BCUT2D eigenvalue weighted by Crippen LogP contribution is -2.52. The first-order valence-corrected chi connectivity index (χ1v) is 9.05. The number of hydrogen-bond acceptors (Lipinski definition) is 5. The zero-order chi connectivity index (χ0) is 16.7. The molecule has 2 aromatic heterocycles. The number of likely N-dealkylation sites (tertiary alicyclic amines) is 2. The number of thiazole rings is 1. The Kier molecular flexibility index (Phi) is 3.88. The molecule has 126 valence electrons. The molecule has 0 aromatic carbocycles. The third-order valence-corrected chi connectivity index (χ3v) is 5.74. The van der Waals surface area contributed by atoms with E-state index in [1.807, 2.05) is 22.1 Å². The van der Waals surface area contributed by atoms with E-state index in [1.165, 1.54) is 12.5 Å². The van der Waals surface area contributed by atoms with Crippen molar-refractivity contribution >= 4 is 23.2 Å². The number of nitrogens with zero attached hydrogens (tertiary/aromatic N) is 3. The molecule has 0 spiro atoms. The van der Waals surface area contributed by atoms with Crippen molar-refractivity contribution in [2.45, 2.75) is 44.8 Å². The number of amides is 2. The van der Waals surface area contributed by atoms with Crippen molar-refractivity contribution < 1.29 is 14.0 Å². The SMILES string of the molecule is Cc1nc(CN2C(=O)CC[C@@H]3[C@H]2CCN3C(=O)c2ccoc2)cs1. The first-order valence-electron chi connectivity index (χ1n) is 8.17. The van der Waals surface area contributed by atoms with E-state index >= 15 is 0 Å². The maximum Gasteiger partial charge on any atom is 0.257 e. The van der Waals surface area contributed by atoms with E-state index in [0.29, 0.717) is 25.1 Å². The Bertz CT molecular complexity index is 755. The Hall–Kier alpha value is -2.15. The summed E-state index contributed by atoms with van der Waals surface area (Å²) in [6, 6.07) is 1.87. The Balaban J connectivity index is 1.53. The number of rotatable bonds is 3. The summed E-state index contributed by atoms with van der Waals surface area (Å²) in [6.07, 6.45) is 5.05. The van der Waals surface area contributed by atoms with E-state index in [9.17, 15) is 9.59 Å². The van der Waals surface area contributed by atoms with E-state index in [0.717, 1.165) is 23.5 Å². The standard InChI is InChI=1S/C17H19N3O3S/c1-11-18-13(10-24-11)8-20-15-4-6-19(14(15)2-3-16(20)21)17(22)12-5-7-23-9-12/h5,7,9-10,14-15H,2-4,6,8H2,1H3/t14-,15-/m1/s1. The van der Waals surface area contributed by atoms with Gasteiger partial charge in [-0.1, -0.05) is 0 Å². The third-order valence-electron chi connectivity index (χ3n) is 4.91. The molecule has 4 rings (SSSR count). The summed E-state index contributed by atoms with van der Waals surface area (Å²) in [6.45, 7) is 3.19. The van der Waals surface area contributed by atoms with Gasteiger partial charge in [0.15, 0.2) is 0 Å². The molecule has 4 heterocycles. The summed E-state index contributed by atoms with van der Waals surface area (Å²) >= 11 is 1.60. The average molecular weight is 345 g/mol. The predicted octanol–water partition coefficient (Wildman–Crippen LogP) is 2.45. The Morgan fingerprint density at radius 3 is 3.00 bits per heavy atom. The summed E-state index contributed by atoms with van der Waals surface area (Å²) in [5.74, 6) is 0.162. The Labute approximate surface area is 144 Å². The Morgan fingerprint density at radius 1 is 1.42 bits per heavy atom. The lowest BCUT2D eigenvalue weighted by atomic mass is 9.96. The molecule has 2 aliphatic heterocycles. The minimum atomic E-state index is -0.00458. The zero-order valence-electron chi connectivity index (χ0n) is 13.5. The van der Waals surface area contributed by atoms with Gasteiger partial charge < -0.3 is 14.2 Å². The molecule has 2 fully saturated rings. The van der Waals surface area contributed by atoms with Gasteiger partial charge in [0.25, 0.3) is 5.91 Å². The smallest absolute Gasteiger partial charge is 0.257 e. The molecule has 0 bridgehead atoms. The number of carbonyl (C=O) groups is 2. The van der Waals surface area contributed by atoms with Crippen molar-refractivity contribution in [3.63, 3.8) is 0 Å². The second kappa shape index (κ2) is 6.05. The van der Waals surface area contributed by atoms with E-state index < -0.39 is 0 Å². The second-order valence-corrected chi connectivity index (χ2v) is 7.41. The molecular weight excluding hydrogens is 326 g/mol. The monoisotopic (exact) mass is 345 g/mol. The molecule has 0 N–H and O–H groups in total. The number of aryl methyl sites for hydroxylation is 1. The van der Waals surface area contributed by atoms with Crippen molar-refractivity contribution in [2.75, 3.05) is 6.54 Å². The van der Waals surface area contributed by atoms with Crippen LogP contribution in [0.5, 0.6) is 0 Å². The van der Waals surface area contributed by atoms with Crippen LogP contribution in [-0.4, -0.2) is 45.2 Å². The lowest BCUT2D eigenvalue weighted by Gasteiger charge is -2.39. The molecule has 0 radical (unpaired) electrons. The van der Waals surface area contributed by atoms with Gasteiger partial charge in [0.1, 0.15) is 6.26 Å². The summed E-state index contributed by atoms with van der Waals surface area (Å²) in [5, 5.41) is 3.02. The minimum Gasteiger partial charge on any atom is -0.472 e. The number of hydrogen-bond donors (Lipinski definition) is 0. The number of furan rings is 1. The van der Waals surface area contributed by atoms with Crippen LogP contribution >= 0.6 is 11.3 Å². The zero-order valence-corrected chi connectivity index (χ0v) is 14.3. The molecule has 0 unspecified atom stereocenters. The fraction of sp³-hybridized carbons (Fsp3) is 0.471. The highest BCUT2D eigenvalue weighted by atomic mass is 32.1. The summed E-state index contributed by atoms with van der Waals surface area (Å²) < 4.78 is 5.03. The van der Waals surface area contributed by atoms with Gasteiger partial charge in [0, 0.05) is 18.3 Å². The molecule has 2 amide bonds. The molecule has 2 aliphatic rings. The number of piperidine rings is 1. The van der Waals surface area contributed by atoms with Gasteiger partial charge in [-0.3, -0.25) is 9.59 Å². The third kappa shape index (κ3) is 2.62. The summed E-state index contributed by atoms with van der Waals surface area (Å²) in [7, 11) is 0. The normalized spacial score (nSPS) is 23.6. The molecule has 24 heavy (non-hydrogen) atoms. The first kappa shape index (κ1) is 15.4. The number of carbonyl (C=O) groups excluding carboxylic acids is 2. The van der Waals surface area contributed by atoms with Crippen LogP contribution in [0, 0.1) is 6.92 Å². The van der Waals surface area contributed by atoms with Gasteiger partial charge in [-0.2, -0.15) is 0 Å². The number of fused-ring (bicyclic) bond motifs is 1. The molecule has 0 saturated carbocycles. The van der Waals surface area contributed by atoms with Gasteiger partial charge in [-0.25, -0.2) is 4.98 Å². The quantitative estimate of drug-likeness (QED) is 0.857. The Morgan fingerprint density at radius 2 is 2.29 bits per heavy atom. The highest BCUT2D eigenvalue weighted by Crippen LogP contribution is 2.33. The van der Waals surface area contributed by atoms with E-state index in [1.54, 1.807) is 17.4 Å². The molecule has 7 heteroatoms. The second-order valence-electron chi connectivity index (χ2n) is 6.35. The van der Waals surface area contributed by atoms with Gasteiger partial charge in [-0.15, -0.1) is 11.3 Å². The van der Waals surface area contributed by atoms with E-state index in [2.05, 4.69) is 4.98 Å². The fourth-order valence-electron chi connectivity index (χ4n) is 3.81. The van der Waals surface area contributed by atoms with Crippen LogP contribution in [-0.2, 0) is 11.3 Å². The van der Waals surface area contributed by atoms with E-state index in [4.69, 9.17) is 4.42 Å². The average Bonchev–Trinajstić information content (AvgIpc) is 3.30. The highest BCUT2D eigenvalue weighted by Gasteiger charge is 2.45. The van der Waals surface area contributed by atoms with Crippen LogP contribution in [0.15, 0.2) is 28.4 Å². The summed E-state index contributed by atoms with van der Waals surface area (Å²) in [5.41, 5.74) is 1.51. The largest absolute Gasteiger partial charge is 0.472 e. The minimum absolute atomic E-state index is 0.00458. The highest BCUT2D eigenvalue weighted by molar-refractivity contribution is 7.09. The van der Waals surface area contributed by atoms with Gasteiger partial charge >= 0.3 is 0 Å². The first-order chi connectivity index (χ1) is 11.6. The van der Waals surface area contributed by atoms with Crippen LogP contribution in [0.1, 0.15) is 40.3 Å². The predicted molar refractivity (Wildman–Crippen MR) is 88.6 cm³/mol. The van der Waals surface area contributed by atoms with Gasteiger partial charge in [0.2, 0.25) is 5.91 Å². The maximum atomic E-state index is 12.7. The van der Waals surface area contributed by atoms with Crippen LogP contribution in [0.3, 0.4) is 0 Å². The molecule has 2 saturated heterocycles. The maximum absolute atomic E-state index is 12.7.